The Morgan fingerprint density at radius 1 is 0.327 bits per heavy atom. The Hall–Kier alpha value is -6.65. The molecular formula is C45H27N3O. The first kappa shape index (κ1) is 27.5. The summed E-state index contributed by atoms with van der Waals surface area (Å²) < 4.78 is 6.43. The van der Waals surface area contributed by atoms with E-state index in [2.05, 4.69) is 133 Å². The zero-order chi connectivity index (χ0) is 32.3. The van der Waals surface area contributed by atoms with Crippen molar-refractivity contribution in [2.45, 2.75) is 0 Å². The maximum Gasteiger partial charge on any atom is 0.164 e. The molecule has 0 saturated heterocycles. The highest BCUT2D eigenvalue weighted by atomic mass is 16.3. The van der Waals surface area contributed by atoms with Crippen molar-refractivity contribution in [2.75, 3.05) is 0 Å². The van der Waals surface area contributed by atoms with Crippen LogP contribution in [0.15, 0.2) is 168 Å². The molecule has 4 nitrogen and oxygen atoms in total. The molecule has 2 heterocycles. The van der Waals surface area contributed by atoms with E-state index in [4.69, 9.17) is 19.4 Å². The summed E-state index contributed by atoms with van der Waals surface area (Å²) in [6, 6.07) is 57.0. The normalized spacial score (nSPS) is 11.7. The summed E-state index contributed by atoms with van der Waals surface area (Å²) in [5.74, 6) is 1.91. The standard InChI is InChI=1S/C45H27N3O/c1-2-13-29(14-3-1)43-46-44(32-23-22-28-12-4-5-15-30(28)24-32)48-45(47-43)40-26-33(25-31-16-6-7-17-34(31)40)38-27-39-36-19-10-11-21-41(36)49-42(39)37-20-9-8-18-35(37)38/h1-27H. The van der Waals surface area contributed by atoms with Crippen LogP contribution in [0, 0.1) is 0 Å². The van der Waals surface area contributed by atoms with E-state index in [-0.39, 0.29) is 0 Å². The molecule has 228 valence electrons. The highest BCUT2D eigenvalue weighted by molar-refractivity contribution is 6.19. The van der Waals surface area contributed by atoms with E-state index in [1.807, 2.05) is 30.3 Å². The Labute approximate surface area is 282 Å². The van der Waals surface area contributed by atoms with Crippen LogP contribution in [0.3, 0.4) is 0 Å². The van der Waals surface area contributed by atoms with Crippen LogP contribution in [-0.4, -0.2) is 15.0 Å². The third-order valence-corrected chi connectivity index (χ3v) is 9.47. The summed E-state index contributed by atoms with van der Waals surface area (Å²) in [5.41, 5.74) is 6.86. The highest BCUT2D eigenvalue weighted by Crippen LogP contribution is 2.42. The fourth-order valence-electron chi connectivity index (χ4n) is 7.11. The molecule has 0 atom stereocenters. The molecule has 4 heteroatoms. The minimum Gasteiger partial charge on any atom is -0.455 e. The van der Waals surface area contributed by atoms with Crippen LogP contribution >= 0.6 is 0 Å². The van der Waals surface area contributed by atoms with E-state index >= 15 is 0 Å². The number of furan rings is 1. The Bertz CT molecular complexity index is 2890. The van der Waals surface area contributed by atoms with Gasteiger partial charge < -0.3 is 4.42 Å². The second-order valence-corrected chi connectivity index (χ2v) is 12.4. The molecule has 0 unspecified atom stereocenters. The third-order valence-electron chi connectivity index (χ3n) is 9.47. The first-order valence-electron chi connectivity index (χ1n) is 16.4. The molecule has 0 bridgehead atoms. The predicted octanol–water partition coefficient (Wildman–Crippen LogP) is 11.9. The van der Waals surface area contributed by atoms with Gasteiger partial charge in [0.25, 0.3) is 0 Å². The lowest BCUT2D eigenvalue weighted by molar-refractivity contribution is 0.672. The minimum absolute atomic E-state index is 0.634. The maximum absolute atomic E-state index is 6.43. The second-order valence-electron chi connectivity index (χ2n) is 12.4. The Kier molecular flexibility index (Phi) is 6.15. The maximum atomic E-state index is 6.43. The number of para-hydroxylation sites is 1. The van der Waals surface area contributed by atoms with Gasteiger partial charge in [-0.15, -0.1) is 0 Å². The zero-order valence-electron chi connectivity index (χ0n) is 26.3. The summed E-state index contributed by atoms with van der Waals surface area (Å²) in [6.45, 7) is 0. The van der Waals surface area contributed by atoms with Crippen molar-refractivity contribution in [2.24, 2.45) is 0 Å². The van der Waals surface area contributed by atoms with Crippen molar-refractivity contribution in [1.82, 2.24) is 15.0 Å². The van der Waals surface area contributed by atoms with Gasteiger partial charge in [0, 0.05) is 32.8 Å². The molecule has 10 aromatic rings. The number of hydrogen-bond acceptors (Lipinski definition) is 4. The van der Waals surface area contributed by atoms with Crippen LogP contribution in [0.5, 0.6) is 0 Å². The molecule has 0 aliphatic rings. The number of fused-ring (bicyclic) bond motifs is 7. The van der Waals surface area contributed by atoms with Gasteiger partial charge in [-0.3, -0.25) is 0 Å². The van der Waals surface area contributed by atoms with E-state index in [1.54, 1.807) is 0 Å². The molecule has 0 fully saturated rings. The van der Waals surface area contributed by atoms with Crippen molar-refractivity contribution in [3.63, 3.8) is 0 Å². The molecule has 0 amide bonds. The van der Waals surface area contributed by atoms with E-state index in [0.717, 1.165) is 76.7 Å². The summed E-state index contributed by atoms with van der Waals surface area (Å²) in [4.78, 5) is 15.4. The predicted molar refractivity (Wildman–Crippen MR) is 201 cm³/mol. The first-order valence-corrected chi connectivity index (χ1v) is 16.4. The molecule has 49 heavy (non-hydrogen) atoms. The van der Waals surface area contributed by atoms with Gasteiger partial charge in [-0.1, -0.05) is 133 Å². The fourth-order valence-corrected chi connectivity index (χ4v) is 7.11. The molecular weight excluding hydrogens is 599 g/mol. The van der Waals surface area contributed by atoms with Crippen LogP contribution in [-0.2, 0) is 0 Å². The Morgan fingerprint density at radius 3 is 1.78 bits per heavy atom. The van der Waals surface area contributed by atoms with Crippen molar-refractivity contribution in [3.05, 3.63) is 164 Å². The molecule has 0 aliphatic carbocycles. The van der Waals surface area contributed by atoms with Gasteiger partial charge in [0.05, 0.1) is 0 Å². The second kappa shape index (κ2) is 11.0. The van der Waals surface area contributed by atoms with Gasteiger partial charge in [0.15, 0.2) is 17.5 Å². The SMILES string of the molecule is c1ccc(-c2nc(-c3ccc4ccccc4c3)nc(-c3cc(-c4cc5c6ccccc6oc5c5ccccc45)cc4ccccc34)n2)cc1. The van der Waals surface area contributed by atoms with Crippen LogP contribution < -0.4 is 0 Å². The van der Waals surface area contributed by atoms with Gasteiger partial charge in [-0.25, -0.2) is 15.0 Å². The Morgan fingerprint density at radius 2 is 0.939 bits per heavy atom. The molecule has 10 rings (SSSR count). The molecule has 8 aromatic carbocycles. The lowest BCUT2D eigenvalue weighted by Crippen LogP contribution is -2.01. The quantitative estimate of drug-likeness (QED) is 0.195. The van der Waals surface area contributed by atoms with Gasteiger partial charge in [-0.05, 0) is 68.4 Å². The average molecular weight is 626 g/mol. The molecule has 2 aromatic heterocycles. The Balaban J connectivity index is 1.25. The summed E-state index contributed by atoms with van der Waals surface area (Å²) in [6.07, 6.45) is 0. The topological polar surface area (TPSA) is 51.8 Å². The molecule has 0 saturated carbocycles. The van der Waals surface area contributed by atoms with Crippen LogP contribution in [0.4, 0.5) is 0 Å². The lowest BCUT2D eigenvalue weighted by atomic mass is 9.92. The minimum atomic E-state index is 0.634. The number of benzene rings is 8. The zero-order valence-corrected chi connectivity index (χ0v) is 26.3. The largest absolute Gasteiger partial charge is 0.455 e. The van der Waals surface area contributed by atoms with Crippen LogP contribution in [0.2, 0.25) is 0 Å². The summed E-state index contributed by atoms with van der Waals surface area (Å²) >= 11 is 0. The van der Waals surface area contributed by atoms with E-state index in [9.17, 15) is 0 Å². The number of rotatable bonds is 4. The van der Waals surface area contributed by atoms with Crippen molar-refractivity contribution in [3.8, 4) is 45.3 Å². The van der Waals surface area contributed by atoms with Gasteiger partial charge in [0.2, 0.25) is 0 Å². The van der Waals surface area contributed by atoms with Crippen molar-refractivity contribution < 1.29 is 4.42 Å². The molecule has 0 spiro atoms. The molecule has 0 radical (unpaired) electrons. The lowest BCUT2D eigenvalue weighted by Gasteiger charge is -2.14. The monoisotopic (exact) mass is 625 g/mol. The number of aromatic nitrogens is 3. The summed E-state index contributed by atoms with van der Waals surface area (Å²) in [7, 11) is 0. The van der Waals surface area contributed by atoms with Gasteiger partial charge in [0.1, 0.15) is 11.2 Å². The van der Waals surface area contributed by atoms with Gasteiger partial charge in [-0.2, -0.15) is 0 Å². The highest BCUT2D eigenvalue weighted by Gasteiger charge is 2.19. The average Bonchev–Trinajstić information content (AvgIpc) is 3.56. The van der Waals surface area contributed by atoms with Crippen molar-refractivity contribution >= 4 is 54.3 Å². The van der Waals surface area contributed by atoms with E-state index in [0.29, 0.717) is 17.5 Å². The van der Waals surface area contributed by atoms with Crippen LogP contribution in [0.25, 0.3) is 99.5 Å². The van der Waals surface area contributed by atoms with Crippen LogP contribution in [0.1, 0.15) is 0 Å². The fraction of sp³-hybridized carbons (Fsp3) is 0. The van der Waals surface area contributed by atoms with E-state index in [1.165, 1.54) is 5.39 Å². The summed E-state index contributed by atoms with van der Waals surface area (Å²) in [5, 5.41) is 8.95. The smallest absolute Gasteiger partial charge is 0.164 e. The first-order chi connectivity index (χ1) is 24.3. The van der Waals surface area contributed by atoms with Gasteiger partial charge >= 0.3 is 0 Å². The number of nitrogens with zero attached hydrogens (tertiary/aromatic N) is 3. The number of hydrogen-bond donors (Lipinski definition) is 0. The van der Waals surface area contributed by atoms with Crippen molar-refractivity contribution in [1.29, 1.82) is 0 Å². The van der Waals surface area contributed by atoms with E-state index < -0.39 is 0 Å². The molecule has 0 aliphatic heterocycles. The molecule has 0 N–H and O–H groups in total. The third kappa shape index (κ3) is 4.57.